The Labute approximate surface area is 199 Å². The van der Waals surface area contributed by atoms with Gasteiger partial charge >= 0.3 is 30.1 Å². The molecule has 0 radical (unpaired) electrons. The van der Waals surface area contributed by atoms with Crippen LogP contribution < -0.4 is 5.43 Å². The fourth-order valence-corrected chi connectivity index (χ4v) is 2.46. The van der Waals surface area contributed by atoms with Crippen molar-refractivity contribution in [2.24, 2.45) is 0 Å². The van der Waals surface area contributed by atoms with E-state index in [1.165, 1.54) is 48.5 Å². The predicted octanol–water partition coefficient (Wildman–Crippen LogP) is 4.79. The largest absolute Gasteiger partial charge is 0.462 e. The first kappa shape index (κ1) is 29.7. The van der Waals surface area contributed by atoms with E-state index in [0.29, 0.717) is 24.3 Å². The van der Waals surface area contributed by atoms with E-state index in [4.69, 9.17) is 9.47 Å². The molecule has 0 spiro atoms. The van der Waals surface area contributed by atoms with Gasteiger partial charge in [-0.2, -0.15) is 22.6 Å². The van der Waals surface area contributed by atoms with Crippen LogP contribution in [0.4, 0.5) is 27.2 Å². The first-order valence-corrected chi connectivity index (χ1v) is 10.3. The topological polar surface area (TPSA) is 111 Å². The van der Waals surface area contributed by atoms with Gasteiger partial charge in [0.15, 0.2) is 0 Å². The van der Waals surface area contributed by atoms with Crippen molar-refractivity contribution < 1.29 is 51.0 Å². The molecule has 13 heteroatoms. The molecule has 0 bridgehead atoms. The number of benzene rings is 1. The van der Waals surface area contributed by atoms with Crippen LogP contribution in [0.3, 0.4) is 0 Å². The second kappa shape index (κ2) is 10.5. The number of carbonyl (C=O) groups is 4. The van der Waals surface area contributed by atoms with Gasteiger partial charge in [-0.25, -0.2) is 19.8 Å². The van der Waals surface area contributed by atoms with Crippen LogP contribution in [0.2, 0.25) is 0 Å². The van der Waals surface area contributed by atoms with Gasteiger partial charge in [-0.1, -0.05) is 12.1 Å². The minimum Gasteiger partial charge on any atom is -0.462 e. The number of halogens is 4. The summed E-state index contributed by atoms with van der Waals surface area (Å²) in [6.07, 6.45) is -7.87. The highest BCUT2D eigenvalue weighted by Crippen LogP contribution is 2.31. The number of alkyl halides is 4. The maximum absolute atomic E-state index is 16.4. The predicted molar refractivity (Wildman–Crippen MR) is 114 cm³/mol. The molecule has 0 saturated carbocycles. The third-order valence-electron chi connectivity index (χ3n) is 3.81. The lowest BCUT2D eigenvalue weighted by molar-refractivity contribution is -0.167. The van der Waals surface area contributed by atoms with Crippen LogP contribution in [0, 0.1) is 0 Å². The van der Waals surface area contributed by atoms with E-state index in [0.717, 1.165) is 0 Å². The molecule has 196 valence electrons. The maximum atomic E-state index is 16.4. The number of hydrazine groups is 1. The van der Waals surface area contributed by atoms with Gasteiger partial charge < -0.3 is 14.2 Å². The van der Waals surface area contributed by atoms with E-state index in [1.807, 2.05) is 0 Å². The number of carbonyl (C=O) groups excluding carboxylic acids is 4. The molecule has 1 atom stereocenters. The van der Waals surface area contributed by atoms with Gasteiger partial charge in [0.1, 0.15) is 11.2 Å². The van der Waals surface area contributed by atoms with Crippen LogP contribution in [0.15, 0.2) is 24.3 Å². The fourth-order valence-electron chi connectivity index (χ4n) is 2.46. The third kappa shape index (κ3) is 8.11. The molecule has 0 aliphatic heterocycles. The Bertz CT molecular complexity index is 951. The lowest BCUT2D eigenvalue weighted by atomic mass is 10.00. The highest BCUT2D eigenvalue weighted by molar-refractivity contribution is 6.16. The first-order chi connectivity index (χ1) is 15.7. The fraction of sp³-hybridized carbons (Fsp3) is 0.545. The van der Waals surface area contributed by atoms with Gasteiger partial charge in [0.25, 0.3) is 0 Å². The van der Waals surface area contributed by atoms with Crippen molar-refractivity contribution in [3.63, 3.8) is 0 Å². The lowest BCUT2D eigenvalue weighted by Gasteiger charge is -2.35. The van der Waals surface area contributed by atoms with Crippen molar-refractivity contribution in [2.45, 2.75) is 71.6 Å². The SMILES string of the molecule is CCOC(=O)C(F)(C(=O)c1ccc(C(F)(F)F)cc1)N(NC(=O)OC(C)(C)C)C(=O)OC(C)(C)C. The van der Waals surface area contributed by atoms with Gasteiger partial charge in [0.2, 0.25) is 5.78 Å². The van der Waals surface area contributed by atoms with Crippen LogP contribution >= 0.6 is 0 Å². The van der Waals surface area contributed by atoms with Crippen LogP contribution in [-0.4, -0.2) is 52.5 Å². The Hall–Kier alpha value is -3.38. The normalized spacial score (nSPS) is 13.8. The minimum atomic E-state index is -4.75. The Kier molecular flexibility index (Phi) is 8.88. The van der Waals surface area contributed by atoms with Gasteiger partial charge in [-0.3, -0.25) is 4.79 Å². The summed E-state index contributed by atoms with van der Waals surface area (Å²) in [5.74, 6) is -7.80. The number of ether oxygens (including phenoxy) is 3. The van der Waals surface area contributed by atoms with E-state index < -0.39 is 64.8 Å². The molecule has 2 amide bonds. The summed E-state index contributed by atoms with van der Waals surface area (Å²) in [5.41, 5.74) is -2.61. The molecule has 1 unspecified atom stereocenters. The lowest BCUT2D eigenvalue weighted by Crippen LogP contribution is -2.66. The van der Waals surface area contributed by atoms with Crippen molar-refractivity contribution in [1.29, 1.82) is 0 Å². The molecule has 0 aliphatic rings. The molecule has 35 heavy (non-hydrogen) atoms. The number of esters is 1. The second-order valence-corrected chi connectivity index (χ2v) is 9.18. The monoisotopic (exact) mass is 508 g/mol. The smallest absolute Gasteiger partial charge is 0.433 e. The summed E-state index contributed by atoms with van der Waals surface area (Å²) in [4.78, 5) is 50.9. The highest BCUT2D eigenvalue weighted by atomic mass is 19.4. The Morgan fingerprint density at radius 3 is 1.74 bits per heavy atom. The van der Waals surface area contributed by atoms with Crippen LogP contribution in [0.25, 0.3) is 0 Å². The number of rotatable bonds is 5. The number of ketones is 1. The Balaban J connectivity index is 3.63. The third-order valence-corrected chi connectivity index (χ3v) is 3.81. The van der Waals surface area contributed by atoms with Crippen molar-refractivity contribution >= 4 is 23.9 Å². The quantitative estimate of drug-likeness (QED) is 0.116. The number of nitrogens with zero attached hydrogens (tertiary/aromatic N) is 1. The molecular formula is C22H28F4N2O7. The van der Waals surface area contributed by atoms with E-state index in [1.54, 1.807) is 5.43 Å². The summed E-state index contributed by atoms with van der Waals surface area (Å²) < 4.78 is 69.7. The molecular weight excluding hydrogens is 480 g/mol. The molecule has 0 saturated heterocycles. The Morgan fingerprint density at radius 1 is 0.857 bits per heavy atom. The summed E-state index contributed by atoms with van der Waals surface area (Å²) in [6.45, 7) is 9.35. The minimum absolute atomic E-state index is 0.343. The molecule has 1 N–H and O–H groups in total. The van der Waals surface area contributed by atoms with Gasteiger partial charge in [-0.15, -0.1) is 0 Å². The summed E-state index contributed by atoms with van der Waals surface area (Å²) >= 11 is 0. The van der Waals surface area contributed by atoms with E-state index in [2.05, 4.69) is 4.74 Å². The number of hydrogen-bond donors (Lipinski definition) is 1. The van der Waals surface area contributed by atoms with Crippen molar-refractivity contribution in [2.75, 3.05) is 6.61 Å². The average Bonchev–Trinajstić information content (AvgIpc) is 2.67. The Morgan fingerprint density at radius 2 is 1.34 bits per heavy atom. The molecule has 1 aromatic rings. The van der Waals surface area contributed by atoms with E-state index in [9.17, 15) is 32.3 Å². The number of amides is 2. The molecule has 1 aromatic carbocycles. The van der Waals surface area contributed by atoms with Gasteiger partial charge in [0.05, 0.1) is 12.2 Å². The standard InChI is InChI=1S/C22H28F4N2O7/c1-8-33-16(30)21(23,15(29)13-9-11-14(12-10-13)22(24,25)26)28(18(32)35-20(5,6)7)27-17(31)34-19(2,3)4/h9-12H,8H2,1-7H3,(H,27,31). The van der Waals surface area contributed by atoms with Crippen molar-refractivity contribution in [3.8, 4) is 0 Å². The molecule has 0 aliphatic carbocycles. The highest BCUT2D eigenvalue weighted by Gasteiger charge is 2.58. The molecule has 0 heterocycles. The zero-order valence-corrected chi connectivity index (χ0v) is 20.3. The summed E-state index contributed by atoms with van der Waals surface area (Å²) in [7, 11) is 0. The number of Topliss-reactive ketones (excluding diaryl/α,β-unsaturated/α-hetero) is 1. The molecule has 9 nitrogen and oxygen atoms in total. The maximum Gasteiger partial charge on any atom is 0.433 e. The zero-order chi connectivity index (χ0) is 27.4. The molecule has 0 aromatic heterocycles. The van der Waals surface area contributed by atoms with Crippen molar-refractivity contribution in [1.82, 2.24) is 10.4 Å². The van der Waals surface area contributed by atoms with Crippen LogP contribution in [0.5, 0.6) is 0 Å². The van der Waals surface area contributed by atoms with E-state index in [-0.39, 0.29) is 5.01 Å². The first-order valence-electron chi connectivity index (χ1n) is 10.3. The average molecular weight is 508 g/mol. The van der Waals surface area contributed by atoms with Crippen LogP contribution in [0.1, 0.15) is 64.4 Å². The van der Waals surface area contributed by atoms with E-state index >= 15 is 4.39 Å². The second-order valence-electron chi connectivity index (χ2n) is 9.18. The molecule has 1 rings (SSSR count). The van der Waals surface area contributed by atoms with Crippen molar-refractivity contribution in [3.05, 3.63) is 35.4 Å². The summed E-state index contributed by atoms with van der Waals surface area (Å²) in [5, 5.41) is -0.343. The van der Waals surface area contributed by atoms with Crippen LogP contribution in [-0.2, 0) is 25.2 Å². The number of hydrogen-bond acceptors (Lipinski definition) is 7. The summed E-state index contributed by atoms with van der Waals surface area (Å²) in [6, 6.07) is 2.19. The van der Waals surface area contributed by atoms with Gasteiger partial charge in [0, 0.05) is 5.56 Å². The molecule has 0 fully saturated rings. The van der Waals surface area contributed by atoms with Gasteiger partial charge in [-0.05, 0) is 60.6 Å². The zero-order valence-electron chi connectivity index (χ0n) is 20.3. The number of nitrogens with one attached hydrogen (secondary N) is 1.